The van der Waals surface area contributed by atoms with Crippen molar-refractivity contribution in [3.05, 3.63) is 29.3 Å². The van der Waals surface area contributed by atoms with E-state index >= 15 is 0 Å². The summed E-state index contributed by atoms with van der Waals surface area (Å²) in [7, 11) is 0. The number of aryl methyl sites for hydroxylation is 1. The largest absolute Gasteiger partial charge is 0.494 e. The van der Waals surface area contributed by atoms with Crippen molar-refractivity contribution in [3.63, 3.8) is 0 Å². The number of carboxylic acid groups (broad SMARTS) is 1. The summed E-state index contributed by atoms with van der Waals surface area (Å²) in [5, 5.41) is 9.08. The van der Waals surface area contributed by atoms with Crippen LogP contribution < -0.4 is 4.74 Å². The van der Waals surface area contributed by atoms with Crippen LogP contribution >= 0.6 is 0 Å². The lowest BCUT2D eigenvalue weighted by atomic mass is 9.84. The first-order valence-corrected chi connectivity index (χ1v) is 10.0. The van der Waals surface area contributed by atoms with Gasteiger partial charge in [0.05, 0.1) is 12.2 Å². The number of hydrogen-bond donors (Lipinski definition) is 1. The first kappa shape index (κ1) is 22.1. The summed E-state index contributed by atoms with van der Waals surface area (Å²) >= 11 is 0. The third-order valence-corrected chi connectivity index (χ3v) is 5.27. The Hall–Kier alpha value is -2.24. The quantitative estimate of drug-likeness (QED) is 0.758. The molecule has 0 aliphatic carbocycles. The fraction of sp³-hybridized carbons (Fsp3) is 0.636. The van der Waals surface area contributed by atoms with Gasteiger partial charge in [0.2, 0.25) is 0 Å². The first-order chi connectivity index (χ1) is 13.1. The third-order valence-electron chi connectivity index (χ3n) is 5.27. The number of carboxylic acids is 1. The van der Waals surface area contributed by atoms with Gasteiger partial charge in [-0.2, -0.15) is 0 Å². The van der Waals surface area contributed by atoms with Crippen molar-refractivity contribution >= 4 is 12.1 Å². The lowest BCUT2D eigenvalue weighted by Crippen LogP contribution is -2.42. The van der Waals surface area contributed by atoms with Gasteiger partial charge in [0.25, 0.3) is 0 Å². The fourth-order valence-electron chi connectivity index (χ4n) is 3.54. The zero-order valence-corrected chi connectivity index (χ0v) is 17.7. The number of nitrogens with zero attached hydrogens (tertiary/aromatic N) is 1. The number of ether oxygens (including phenoxy) is 2. The molecular formula is C22H33NO5. The maximum Gasteiger partial charge on any atom is 0.410 e. The molecule has 1 aliphatic heterocycles. The molecule has 1 N–H and O–H groups in total. The Bertz CT molecular complexity index is 687. The molecule has 0 bridgehead atoms. The van der Waals surface area contributed by atoms with E-state index in [4.69, 9.17) is 14.6 Å². The van der Waals surface area contributed by atoms with Crippen LogP contribution in [0.25, 0.3) is 0 Å². The molecule has 1 aromatic rings. The summed E-state index contributed by atoms with van der Waals surface area (Å²) in [4.78, 5) is 25.0. The lowest BCUT2D eigenvalue weighted by Gasteiger charge is -2.35. The van der Waals surface area contributed by atoms with E-state index in [2.05, 4.69) is 6.92 Å². The number of hydrogen-bond acceptors (Lipinski definition) is 4. The average molecular weight is 392 g/mol. The molecule has 1 heterocycles. The number of piperidine rings is 1. The van der Waals surface area contributed by atoms with Crippen LogP contribution in [0.3, 0.4) is 0 Å². The molecule has 0 spiro atoms. The Morgan fingerprint density at radius 1 is 1.25 bits per heavy atom. The van der Waals surface area contributed by atoms with Crippen LogP contribution in [0.1, 0.15) is 62.9 Å². The van der Waals surface area contributed by atoms with E-state index in [1.807, 2.05) is 20.8 Å². The predicted molar refractivity (Wildman–Crippen MR) is 108 cm³/mol. The molecular weight excluding hydrogens is 358 g/mol. The van der Waals surface area contributed by atoms with E-state index in [1.54, 1.807) is 30.0 Å². The highest BCUT2D eigenvalue weighted by Crippen LogP contribution is 2.28. The fourth-order valence-corrected chi connectivity index (χ4v) is 3.54. The van der Waals surface area contributed by atoms with Gasteiger partial charge in [0.15, 0.2) is 0 Å². The normalized spacial score (nSPS) is 16.5. The van der Waals surface area contributed by atoms with Crippen molar-refractivity contribution in [1.82, 2.24) is 4.90 Å². The number of aromatic carboxylic acids is 1. The van der Waals surface area contributed by atoms with E-state index in [9.17, 15) is 9.59 Å². The average Bonchev–Trinajstić information content (AvgIpc) is 2.60. The molecule has 1 aromatic carbocycles. The van der Waals surface area contributed by atoms with E-state index in [1.165, 1.54) is 0 Å². The molecule has 1 atom stereocenters. The topological polar surface area (TPSA) is 76.1 Å². The maximum absolute atomic E-state index is 12.2. The Kier molecular flexibility index (Phi) is 7.33. The van der Waals surface area contributed by atoms with Crippen LogP contribution in [0.4, 0.5) is 4.79 Å². The SMILES string of the molecule is Cc1cc(OCC[C@@H](C)C2CCN(C(=O)OC(C)(C)C)CC2)ccc1C(=O)O. The monoisotopic (exact) mass is 391 g/mol. The minimum atomic E-state index is -0.921. The van der Waals surface area contributed by atoms with E-state index in [0.717, 1.165) is 32.4 Å². The van der Waals surface area contributed by atoms with Crippen molar-refractivity contribution in [2.24, 2.45) is 11.8 Å². The van der Waals surface area contributed by atoms with Gasteiger partial charge in [-0.1, -0.05) is 6.92 Å². The lowest BCUT2D eigenvalue weighted by molar-refractivity contribution is 0.0157. The minimum absolute atomic E-state index is 0.220. The summed E-state index contributed by atoms with van der Waals surface area (Å²) in [6.45, 7) is 11.7. The van der Waals surface area contributed by atoms with Crippen molar-refractivity contribution < 1.29 is 24.2 Å². The molecule has 28 heavy (non-hydrogen) atoms. The second-order valence-electron chi connectivity index (χ2n) is 8.70. The van der Waals surface area contributed by atoms with Crippen molar-refractivity contribution in [3.8, 4) is 5.75 Å². The van der Waals surface area contributed by atoms with Gasteiger partial charge in [0, 0.05) is 13.1 Å². The highest BCUT2D eigenvalue weighted by molar-refractivity contribution is 5.89. The van der Waals surface area contributed by atoms with Gasteiger partial charge in [0.1, 0.15) is 11.4 Å². The molecule has 0 radical (unpaired) electrons. The zero-order valence-electron chi connectivity index (χ0n) is 17.7. The van der Waals surface area contributed by atoms with E-state index < -0.39 is 11.6 Å². The Labute approximate surface area is 167 Å². The van der Waals surface area contributed by atoms with Crippen molar-refractivity contribution in [2.75, 3.05) is 19.7 Å². The molecule has 1 amide bonds. The summed E-state index contributed by atoms with van der Waals surface area (Å²) in [6.07, 6.45) is 2.67. The van der Waals surface area contributed by atoms with Crippen LogP contribution in [0.2, 0.25) is 0 Å². The Balaban J connectivity index is 1.74. The van der Waals surface area contributed by atoms with Crippen LogP contribution in [0, 0.1) is 18.8 Å². The Morgan fingerprint density at radius 3 is 2.43 bits per heavy atom. The molecule has 1 aliphatic rings. The third kappa shape index (κ3) is 6.43. The van der Waals surface area contributed by atoms with Gasteiger partial charge in [-0.15, -0.1) is 0 Å². The highest BCUT2D eigenvalue weighted by Gasteiger charge is 2.29. The van der Waals surface area contributed by atoms with Gasteiger partial charge < -0.3 is 19.5 Å². The molecule has 6 heteroatoms. The molecule has 1 saturated heterocycles. The smallest absolute Gasteiger partial charge is 0.410 e. The summed E-state index contributed by atoms with van der Waals surface area (Å²) in [5.41, 5.74) is 0.546. The molecule has 1 fully saturated rings. The molecule has 156 valence electrons. The van der Waals surface area contributed by atoms with E-state index in [0.29, 0.717) is 35.3 Å². The first-order valence-electron chi connectivity index (χ1n) is 10.0. The van der Waals surface area contributed by atoms with Crippen LogP contribution in [-0.2, 0) is 4.74 Å². The van der Waals surface area contributed by atoms with Crippen molar-refractivity contribution in [1.29, 1.82) is 0 Å². The number of carbonyl (C=O) groups excluding carboxylic acids is 1. The standard InChI is InChI=1S/C22H33NO5/c1-15(10-13-27-18-6-7-19(20(24)25)16(2)14-18)17-8-11-23(12-9-17)21(26)28-22(3,4)5/h6-7,14-15,17H,8-13H2,1-5H3,(H,24,25)/t15-/m1/s1. The van der Waals surface area contributed by atoms with Gasteiger partial charge in [-0.05, 0) is 82.6 Å². The van der Waals surface area contributed by atoms with Crippen LogP contribution in [0.15, 0.2) is 18.2 Å². The molecule has 2 rings (SSSR count). The summed E-state index contributed by atoms with van der Waals surface area (Å²) in [5.74, 6) is 0.850. The number of carbonyl (C=O) groups is 2. The van der Waals surface area contributed by atoms with Crippen molar-refractivity contribution in [2.45, 2.75) is 59.5 Å². The summed E-state index contributed by atoms with van der Waals surface area (Å²) < 4.78 is 11.3. The maximum atomic E-state index is 12.2. The van der Waals surface area contributed by atoms with Gasteiger partial charge in [-0.25, -0.2) is 9.59 Å². The molecule has 6 nitrogen and oxygen atoms in total. The number of rotatable bonds is 6. The van der Waals surface area contributed by atoms with E-state index in [-0.39, 0.29) is 6.09 Å². The zero-order chi connectivity index (χ0) is 20.9. The van der Waals surface area contributed by atoms with Gasteiger partial charge >= 0.3 is 12.1 Å². The second-order valence-corrected chi connectivity index (χ2v) is 8.70. The molecule has 0 saturated carbocycles. The van der Waals surface area contributed by atoms with Gasteiger partial charge in [-0.3, -0.25) is 0 Å². The van der Waals surface area contributed by atoms with Crippen LogP contribution in [-0.4, -0.2) is 47.4 Å². The second kappa shape index (κ2) is 9.30. The predicted octanol–water partition coefficient (Wildman–Crippen LogP) is 4.75. The minimum Gasteiger partial charge on any atom is -0.494 e. The number of likely N-dealkylation sites (tertiary alicyclic amines) is 1. The molecule has 0 unspecified atom stereocenters. The number of benzene rings is 1. The van der Waals surface area contributed by atoms with Crippen LogP contribution in [0.5, 0.6) is 5.75 Å². The number of amides is 1. The highest BCUT2D eigenvalue weighted by atomic mass is 16.6. The molecule has 0 aromatic heterocycles. The Morgan fingerprint density at radius 2 is 1.89 bits per heavy atom. The summed E-state index contributed by atoms with van der Waals surface area (Å²) in [6, 6.07) is 5.07.